The van der Waals surface area contributed by atoms with Crippen LogP contribution in [0, 0.1) is 5.41 Å². The molecule has 0 aromatic rings. The predicted octanol–water partition coefficient (Wildman–Crippen LogP) is 0.444. The molecule has 2 N–H and O–H groups in total. The minimum Gasteiger partial charge on any atom is -0.317 e. The van der Waals surface area contributed by atoms with Crippen LogP contribution in [0.3, 0.4) is 0 Å². The number of carbonyl (C=O) groups is 1. The largest absolute Gasteiger partial charge is 0.317 e. The first-order chi connectivity index (χ1) is 6.19. The van der Waals surface area contributed by atoms with Gasteiger partial charge >= 0.3 is 0 Å². The van der Waals surface area contributed by atoms with Crippen LogP contribution in [0.2, 0.25) is 0 Å². The molecule has 0 unspecified atom stereocenters. The highest BCUT2D eigenvalue weighted by molar-refractivity contribution is 5.81. The first kappa shape index (κ1) is 10.5. The van der Waals surface area contributed by atoms with E-state index < -0.39 is 0 Å². The number of carbonyl (C=O) groups excluding carboxylic acids is 1. The van der Waals surface area contributed by atoms with Gasteiger partial charge in [0, 0.05) is 0 Å². The van der Waals surface area contributed by atoms with E-state index >= 15 is 0 Å². The van der Waals surface area contributed by atoms with Gasteiger partial charge in [-0.25, -0.2) is 5.48 Å². The van der Waals surface area contributed by atoms with Crippen molar-refractivity contribution in [3.05, 3.63) is 0 Å². The van der Waals surface area contributed by atoms with E-state index in [1.807, 2.05) is 13.8 Å². The van der Waals surface area contributed by atoms with E-state index in [1.54, 1.807) is 0 Å². The highest BCUT2D eigenvalue weighted by Crippen LogP contribution is 2.27. The fourth-order valence-electron chi connectivity index (χ4n) is 1.47. The van der Waals surface area contributed by atoms with Crippen LogP contribution in [0.4, 0.5) is 0 Å². The Labute approximate surface area is 79.0 Å². The van der Waals surface area contributed by atoms with Crippen molar-refractivity contribution in [1.82, 2.24) is 10.8 Å². The van der Waals surface area contributed by atoms with Gasteiger partial charge in [-0.1, -0.05) is 6.92 Å². The summed E-state index contributed by atoms with van der Waals surface area (Å²) in [7, 11) is 0. The number of piperidine rings is 1. The number of hydrogen-bond donors (Lipinski definition) is 2. The Morgan fingerprint density at radius 3 is 2.69 bits per heavy atom. The van der Waals surface area contributed by atoms with E-state index in [1.165, 1.54) is 0 Å². The van der Waals surface area contributed by atoms with Crippen LogP contribution in [0.25, 0.3) is 0 Å². The number of amides is 1. The van der Waals surface area contributed by atoms with Crippen molar-refractivity contribution < 1.29 is 9.63 Å². The van der Waals surface area contributed by atoms with Crippen LogP contribution in [-0.4, -0.2) is 25.6 Å². The Kier molecular flexibility index (Phi) is 3.69. The zero-order chi connectivity index (χ0) is 9.73. The number of hydroxylamine groups is 1. The van der Waals surface area contributed by atoms with Crippen LogP contribution >= 0.6 is 0 Å². The predicted molar refractivity (Wildman–Crippen MR) is 50.0 cm³/mol. The molecule has 1 aliphatic rings. The van der Waals surface area contributed by atoms with Gasteiger partial charge in [-0.2, -0.15) is 0 Å². The van der Waals surface area contributed by atoms with Gasteiger partial charge in [0.1, 0.15) is 0 Å². The molecule has 1 saturated heterocycles. The first-order valence-electron chi connectivity index (χ1n) is 4.82. The van der Waals surface area contributed by atoms with Crippen LogP contribution in [-0.2, 0) is 9.63 Å². The van der Waals surface area contributed by atoms with Gasteiger partial charge in [0.15, 0.2) is 0 Å². The smallest absolute Gasteiger partial charge is 0.249 e. The third-order valence-corrected chi connectivity index (χ3v) is 2.56. The van der Waals surface area contributed by atoms with Gasteiger partial charge in [-0.15, -0.1) is 0 Å². The Bertz CT molecular complexity index is 176. The second kappa shape index (κ2) is 4.58. The maximum absolute atomic E-state index is 11.6. The maximum atomic E-state index is 11.6. The van der Waals surface area contributed by atoms with E-state index in [9.17, 15) is 4.79 Å². The lowest BCUT2D eigenvalue weighted by Gasteiger charge is -2.31. The van der Waals surface area contributed by atoms with Gasteiger partial charge in [-0.3, -0.25) is 9.63 Å². The van der Waals surface area contributed by atoms with Crippen molar-refractivity contribution in [2.45, 2.75) is 26.7 Å². The van der Waals surface area contributed by atoms with Gasteiger partial charge in [0.05, 0.1) is 12.0 Å². The van der Waals surface area contributed by atoms with Gasteiger partial charge in [-0.05, 0) is 32.9 Å². The van der Waals surface area contributed by atoms with Crippen LogP contribution < -0.4 is 10.8 Å². The molecule has 0 atom stereocenters. The highest BCUT2D eigenvalue weighted by atomic mass is 16.6. The lowest BCUT2D eigenvalue weighted by Crippen LogP contribution is -2.45. The molecule has 0 radical (unpaired) electrons. The van der Waals surface area contributed by atoms with E-state index in [0.29, 0.717) is 6.61 Å². The van der Waals surface area contributed by atoms with Crippen LogP contribution in [0.1, 0.15) is 26.7 Å². The fourth-order valence-corrected chi connectivity index (χ4v) is 1.47. The highest BCUT2D eigenvalue weighted by Gasteiger charge is 2.34. The first-order valence-corrected chi connectivity index (χ1v) is 4.82. The van der Waals surface area contributed by atoms with Crippen molar-refractivity contribution in [3.8, 4) is 0 Å². The Hall–Kier alpha value is -0.610. The molecule has 0 aliphatic carbocycles. The van der Waals surface area contributed by atoms with Crippen molar-refractivity contribution in [1.29, 1.82) is 0 Å². The number of hydrogen-bond acceptors (Lipinski definition) is 3. The molecule has 13 heavy (non-hydrogen) atoms. The van der Waals surface area contributed by atoms with Crippen LogP contribution in [0.5, 0.6) is 0 Å². The second-order valence-electron chi connectivity index (χ2n) is 3.67. The molecule has 4 heteroatoms. The number of nitrogens with one attached hydrogen (secondary N) is 2. The molecule has 1 heterocycles. The third-order valence-electron chi connectivity index (χ3n) is 2.56. The van der Waals surface area contributed by atoms with Crippen molar-refractivity contribution in [3.63, 3.8) is 0 Å². The zero-order valence-electron chi connectivity index (χ0n) is 8.35. The summed E-state index contributed by atoms with van der Waals surface area (Å²) in [6.07, 6.45) is 1.76. The molecule has 0 spiro atoms. The molecule has 0 aromatic heterocycles. The van der Waals surface area contributed by atoms with Crippen molar-refractivity contribution in [2.24, 2.45) is 5.41 Å². The van der Waals surface area contributed by atoms with Crippen molar-refractivity contribution in [2.75, 3.05) is 19.7 Å². The summed E-state index contributed by atoms with van der Waals surface area (Å²) in [6.45, 7) is 6.18. The molecular weight excluding hydrogens is 168 g/mol. The van der Waals surface area contributed by atoms with E-state index in [0.717, 1.165) is 25.9 Å². The maximum Gasteiger partial charge on any atom is 0.249 e. The molecule has 4 nitrogen and oxygen atoms in total. The lowest BCUT2D eigenvalue weighted by atomic mass is 9.80. The summed E-state index contributed by atoms with van der Waals surface area (Å²) < 4.78 is 0. The molecule has 1 amide bonds. The molecule has 76 valence electrons. The summed E-state index contributed by atoms with van der Waals surface area (Å²) >= 11 is 0. The lowest BCUT2D eigenvalue weighted by molar-refractivity contribution is -0.144. The molecule has 1 fully saturated rings. The van der Waals surface area contributed by atoms with Gasteiger partial charge < -0.3 is 5.32 Å². The standard InChI is InChI=1S/C9H18N2O2/c1-3-13-11-8(12)9(2)4-6-10-7-5-9/h10H,3-7H2,1-2H3,(H,11,12). The third kappa shape index (κ3) is 2.67. The molecule has 1 rings (SSSR count). The van der Waals surface area contributed by atoms with E-state index in [-0.39, 0.29) is 11.3 Å². The molecule has 0 bridgehead atoms. The summed E-state index contributed by atoms with van der Waals surface area (Å²) in [4.78, 5) is 16.5. The molecule has 0 saturated carbocycles. The molecule has 0 aromatic carbocycles. The van der Waals surface area contributed by atoms with Crippen LogP contribution in [0.15, 0.2) is 0 Å². The van der Waals surface area contributed by atoms with E-state index in [4.69, 9.17) is 4.84 Å². The van der Waals surface area contributed by atoms with Gasteiger partial charge in [0.2, 0.25) is 5.91 Å². The summed E-state index contributed by atoms with van der Waals surface area (Å²) in [5.74, 6) is 0.0100. The summed E-state index contributed by atoms with van der Waals surface area (Å²) in [5, 5.41) is 3.23. The Morgan fingerprint density at radius 2 is 2.15 bits per heavy atom. The number of rotatable bonds is 3. The monoisotopic (exact) mass is 186 g/mol. The minimum atomic E-state index is -0.250. The second-order valence-corrected chi connectivity index (χ2v) is 3.67. The minimum absolute atomic E-state index is 0.0100. The van der Waals surface area contributed by atoms with Crippen molar-refractivity contribution >= 4 is 5.91 Å². The normalized spacial score (nSPS) is 21.1. The average molecular weight is 186 g/mol. The van der Waals surface area contributed by atoms with Gasteiger partial charge in [0.25, 0.3) is 0 Å². The topological polar surface area (TPSA) is 50.4 Å². The average Bonchev–Trinajstić information content (AvgIpc) is 2.15. The summed E-state index contributed by atoms with van der Waals surface area (Å²) in [6, 6.07) is 0. The SMILES string of the molecule is CCONC(=O)C1(C)CCNCC1. The molecule has 1 aliphatic heterocycles. The summed E-state index contributed by atoms with van der Waals surface area (Å²) in [5.41, 5.74) is 2.23. The Morgan fingerprint density at radius 1 is 1.54 bits per heavy atom. The zero-order valence-corrected chi connectivity index (χ0v) is 8.35. The van der Waals surface area contributed by atoms with E-state index in [2.05, 4.69) is 10.8 Å². The fraction of sp³-hybridized carbons (Fsp3) is 0.889. The Balaban J connectivity index is 2.42. The molecular formula is C9H18N2O2. The quantitative estimate of drug-likeness (QED) is 0.629.